The van der Waals surface area contributed by atoms with Crippen molar-refractivity contribution in [3.8, 4) is 0 Å². The first kappa shape index (κ1) is 10.7. The maximum Gasteiger partial charge on any atom is 0.310 e. The fraction of sp³-hybridized carbons (Fsp3) is 0.500. The smallest absolute Gasteiger partial charge is 0.310 e. The van der Waals surface area contributed by atoms with Gasteiger partial charge in [0.15, 0.2) is 0 Å². The van der Waals surface area contributed by atoms with E-state index in [1.807, 2.05) is 0 Å². The maximum atomic E-state index is 11.9. The number of hydrogen-bond acceptors (Lipinski definition) is 3. The molecule has 1 aliphatic rings. The highest BCUT2D eigenvalue weighted by Gasteiger charge is 2.37. The molecule has 0 aromatic carbocycles. The standard InChI is InChI=1S/C10H13N3O3/c1-7(13-4-2-3-11-13)9(14)12-5-8(6-12)10(15)16/h2-4,7-8H,5-6H2,1H3,(H,15,16)/t7-/m1/s1. The zero-order chi connectivity index (χ0) is 11.7. The molecule has 16 heavy (non-hydrogen) atoms. The summed E-state index contributed by atoms with van der Waals surface area (Å²) in [4.78, 5) is 24.0. The maximum absolute atomic E-state index is 11.9. The molecular weight excluding hydrogens is 210 g/mol. The van der Waals surface area contributed by atoms with Gasteiger partial charge in [0.2, 0.25) is 5.91 Å². The summed E-state index contributed by atoms with van der Waals surface area (Å²) in [5.41, 5.74) is 0. The normalized spacial score (nSPS) is 17.9. The number of aromatic nitrogens is 2. The number of rotatable bonds is 3. The largest absolute Gasteiger partial charge is 0.481 e. The van der Waals surface area contributed by atoms with Crippen LogP contribution >= 0.6 is 0 Å². The van der Waals surface area contributed by atoms with Crippen molar-refractivity contribution in [2.24, 2.45) is 5.92 Å². The average Bonchev–Trinajstić information content (AvgIpc) is 2.65. The van der Waals surface area contributed by atoms with Gasteiger partial charge in [-0.1, -0.05) is 0 Å². The van der Waals surface area contributed by atoms with Gasteiger partial charge in [0.05, 0.1) is 5.92 Å². The van der Waals surface area contributed by atoms with E-state index in [-0.39, 0.29) is 11.9 Å². The van der Waals surface area contributed by atoms with Crippen molar-refractivity contribution in [2.45, 2.75) is 13.0 Å². The molecule has 86 valence electrons. The van der Waals surface area contributed by atoms with Crippen molar-refractivity contribution in [3.63, 3.8) is 0 Å². The number of aliphatic carboxylic acids is 1. The van der Waals surface area contributed by atoms with Crippen LogP contribution in [-0.2, 0) is 9.59 Å². The molecule has 0 saturated carbocycles. The van der Waals surface area contributed by atoms with Crippen LogP contribution in [0.2, 0.25) is 0 Å². The summed E-state index contributed by atoms with van der Waals surface area (Å²) in [5.74, 6) is -1.33. The lowest BCUT2D eigenvalue weighted by Crippen LogP contribution is -2.54. The van der Waals surface area contributed by atoms with Crippen LogP contribution in [-0.4, -0.2) is 44.8 Å². The summed E-state index contributed by atoms with van der Waals surface area (Å²) < 4.78 is 1.57. The minimum atomic E-state index is -0.837. The number of amides is 1. The van der Waals surface area contributed by atoms with E-state index in [4.69, 9.17) is 5.11 Å². The Balaban J connectivity index is 1.93. The first-order chi connectivity index (χ1) is 7.59. The van der Waals surface area contributed by atoms with Gasteiger partial charge in [-0.3, -0.25) is 14.3 Å². The Morgan fingerprint density at radius 2 is 2.19 bits per heavy atom. The first-order valence-corrected chi connectivity index (χ1v) is 5.10. The second kappa shape index (κ2) is 3.96. The Morgan fingerprint density at radius 1 is 1.50 bits per heavy atom. The molecular formula is C10H13N3O3. The van der Waals surface area contributed by atoms with E-state index in [0.717, 1.165) is 0 Å². The number of carbonyl (C=O) groups is 2. The van der Waals surface area contributed by atoms with Gasteiger partial charge in [-0.25, -0.2) is 0 Å². The summed E-state index contributed by atoms with van der Waals surface area (Å²) in [7, 11) is 0. The predicted octanol–water partition coefficient (Wildman–Crippen LogP) is -0.0129. The molecule has 0 aliphatic carbocycles. The third kappa shape index (κ3) is 1.78. The molecule has 1 saturated heterocycles. The summed E-state index contributed by atoms with van der Waals surface area (Å²) in [5, 5.41) is 12.7. The van der Waals surface area contributed by atoms with Crippen molar-refractivity contribution in [1.29, 1.82) is 0 Å². The van der Waals surface area contributed by atoms with Crippen LogP contribution in [0.25, 0.3) is 0 Å². The van der Waals surface area contributed by atoms with E-state index >= 15 is 0 Å². The average molecular weight is 223 g/mol. The van der Waals surface area contributed by atoms with Crippen LogP contribution in [0.1, 0.15) is 13.0 Å². The summed E-state index contributed by atoms with van der Waals surface area (Å²) >= 11 is 0. The highest BCUT2D eigenvalue weighted by atomic mass is 16.4. The minimum absolute atomic E-state index is 0.0822. The number of nitrogens with zero attached hydrogens (tertiary/aromatic N) is 3. The highest BCUT2D eigenvalue weighted by molar-refractivity contribution is 5.83. The van der Waals surface area contributed by atoms with E-state index in [9.17, 15) is 9.59 Å². The zero-order valence-electron chi connectivity index (χ0n) is 8.91. The van der Waals surface area contributed by atoms with Gasteiger partial charge in [-0.05, 0) is 13.0 Å². The molecule has 6 heteroatoms. The monoisotopic (exact) mass is 223 g/mol. The third-order valence-corrected chi connectivity index (χ3v) is 2.82. The molecule has 0 spiro atoms. The molecule has 1 aliphatic heterocycles. The fourth-order valence-corrected chi connectivity index (χ4v) is 1.70. The lowest BCUT2D eigenvalue weighted by atomic mass is 9.99. The molecule has 0 bridgehead atoms. The van der Waals surface area contributed by atoms with E-state index in [1.165, 1.54) is 0 Å². The van der Waals surface area contributed by atoms with Crippen molar-refractivity contribution in [2.75, 3.05) is 13.1 Å². The highest BCUT2D eigenvalue weighted by Crippen LogP contribution is 2.19. The molecule has 0 radical (unpaired) electrons. The van der Waals surface area contributed by atoms with Crippen molar-refractivity contribution in [1.82, 2.24) is 14.7 Å². The molecule has 1 amide bonds. The molecule has 1 atom stereocenters. The van der Waals surface area contributed by atoms with Gasteiger partial charge in [0, 0.05) is 25.5 Å². The van der Waals surface area contributed by atoms with Crippen molar-refractivity contribution in [3.05, 3.63) is 18.5 Å². The molecule has 6 nitrogen and oxygen atoms in total. The Kier molecular flexibility index (Phi) is 2.64. The van der Waals surface area contributed by atoms with Crippen LogP contribution in [0.5, 0.6) is 0 Å². The van der Waals surface area contributed by atoms with Crippen LogP contribution in [0.15, 0.2) is 18.5 Å². The Labute approximate surface area is 92.5 Å². The van der Waals surface area contributed by atoms with Crippen molar-refractivity contribution >= 4 is 11.9 Å². The second-order valence-electron chi connectivity index (χ2n) is 3.94. The summed E-state index contributed by atoms with van der Waals surface area (Å²) in [6, 6.07) is 1.38. The molecule has 1 aromatic rings. The second-order valence-corrected chi connectivity index (χ2v) is 3.94. The number of likely N-dealkylation sites (tertiary alicyclic amines) is 1. The van der Waals surface area contributed by atoms with Crippen molar-refractivity contribution < 1.29 is 14.7 Å². The van der Waals surface area contributed by atoms with Crippen LogP contribution in [0.4, 0.5) is 0 Å². The van der Waals surface area contributed by atoms with Gasteiger partial charge >= 0.3 is 5.97 Å². The van der Waals surface area contributed by atoms with E-state index < -0.39 is 11.9 Å². The number of hydrogen-bond donors (Lipinski definition) is 1. The summed E-state index contributed by atoms with van der Waals surface area (Å²) in [6.45, 7) is 2.36. The van der Waals surface area contributed by atoms with Gasteiger partial charge < -0.3 is 10.0 Å². The SMILES string of the molecule is C[C@H](C(=O)N1CC(C(=O)O)C1)n1cccn1. The van der Waals surface area contributed by atoms with Crippen LogP contribution in [0.3, 0.4) is 0 Å². The van der Waals surface area contributed by atoms with Gasteiger partial charge in [0.1, 0.15) is 6.04 Å². The first-order valence-electron chi connectivity index (χ1n) is 5.10. The molecule has 2 heterocycles. The Morgan fingerprint density at radius 3 is 2.69 bits per heavy atom. The van der Waals surface area contributed by atoms with Crippen LogP contribution < -0.4 is 0 Å². The number of carbonyl (C=O) groups excluding carboxylic acids is 1. The van der Waals surface area contributed by atoms with E-state index in [1.54, 1.807) is 35.0 Å². The van der Waals surface area contributed by atoms with Gasteiger partial charge in [0.25, 0.3) is 0 Å². The predicted molar refractivity (Wildman–Crippen MR) is 54.6 cm³/mol. The zero-order valence-corrected chi connectivity index (χ0v) is 8.91. The van der Waals surface area contributed by atoms with Gasteiger partial charge in [-0.15, -0.1) is 0 Å². The molecule has 1 N–H and O–H groups in total. The topological polar surface area (TPSA) is 75.4 Å². The lowest BCUT2D eigenvalue weighted by molar-refractivity contribution is -0.154. The Bertz CT molecular complexity index is 395. The lowest BCUT2D eigenvalue weighted by Gasteiger charge is -2.38. The fourth-order valence-electron chi connectivity index (χ4n) is 1.70. The van der Waals surface area contributed by atoms with E-state index in [2.05, 4.69) is 5.10 Å². The molecule has 1 aromatic heterocycles. The number of carboxylic acids is 1. The Hall–Kier alpha value is -1.85. The quantitative estimate of drug-likeness (QED) is 0.781. The summed E-state index contributed by atoms with van der Waals surface area (Å²) in [6.07, 6.45) is 3.33. The van der Waals surface area contributed by atoms with Gasteiger partial charge in [-0.2, -0.15) is 5.10 Å². The molecule has 1 fully saturated rings. The van der Waals surface area contributed by atoms with E-state index in [0.29, 0.717) is 13.1 Å². The van der Waals surface area contributed by atoms with Crippen LogP contribution in [0, 0.1) is 5.92 Å². The molecule has 2 rings (SSSR count). The number of carboxylic acid groups (broad SMARTS) is 1. The third-order valence-electron chi connectivity index (χ3n) is 2.82. The minimum Gasteiger partial charge on any atom is -0.481 e. The molecule has 0 unspecified atom stereocenters.